The zero-order valence-electron chi connectivity index (χ0n) is 10.7. The van der Waals surface area contributed by atoms with Gasteiger partial charge in [0.2, 0.25) is 0 Å². The zero-order valence-corrected chi connectivity index (χ0v) is 11.5. The maximum absolute atomic E-state index is 12.9. The van der Waals surface area contributed by atoms with Gasteiger partial charge in [-0.3, -0.25) is 0 Å². The number of halogens is 3. The number of nitrogens with zero attached hydrogens (tertiary/aromatic N) is 2. The number of aromatic nitrogens is 2. The van der Waals surface area contributed by atoms with Gasteiger partial charge in [0.15, 0.2) is 5.82 Å². The third kappa shape index (κ3) is 3.66. The van der Waals surface area contributed by atoms with E-state index in [4.69, 9.17) is 18.0 Å². The van der Waals surface area contributed by atoms with Crippen LogP contribution in [0.5, 0.6) is 0 Å². The lowest BCUT2D eigenvalue weighted by Gasteiger charge is -2.14. The third-order valence-electron chi connectivity index (χ3n) is 2.76. The Hall–Kier alpha value is -2.22. The summed E-state index contributed by atoms with van der Waals surface area (Å²) in [7, 11) is 0. The first-order chi connectivity index (χ1) is 9.89. The fraction of sp³-hybridized carbons (Fsp3) is 0.154. The maximum atomic E-state index is 12.9. The quantitative estimate of drug-likeness (QED) is 0.850. The Morgan fingerprint density at radius 1 is 1.24 bits per heavy atom. The Balaban J connectivity index is 2.24. The lowest BCUT2D eigenvalue weighted by molar-refractivity contribution is -0.138. The van der Waals surface area contributed by atoms with E-state index in [2.05, 4.69) is 15.5 Å². The fourth-order valence-corrected chi connectivity index (χ4v) is 1.96. The molecule has 0 unspecified atom stereocenters. The van der Waals surface area contributed by atoms with Crippen LogP contribution in [0.2, 0.25) is 0 Å². The molecule has 2 rings (SSSR count). The van der Waals surface area contributed by atoms with Gasteiger partial charge in [0.05, 0.1) is 17.3 Å². The second-order valence-corrected chi connectivity index (χ2v) is 4.61. The lowest BCUT2D eigenvalue weighted by Crippen LogP contribution is -2.16. The smallest absolute Gasteiger partial charge is 0.389 e. The summed E-state index contributed by atoms with van der Waals surface area (Å²) in [6.07, 6.45) is -3.00. The first-order valence-electron chi connectivity index (χ1n) is 5.90. The van der Waals surface area contributed by atoms with E-state index in [1.807, 2.05) is 0 Å². The van der Waals surface area contributed by atoms with E-state index in [0.29, 0.717) is 5.56 Å². The van der Waals surface area contributed by atoms with Crippen LogP contribution < -0.4 is 11.1 Å². The van der Waals surface area contributed by atoms with Crippen LogP contribution in [0, 0.1) is 0 Å². The first-order valence-corrected chi connectivity index (χ1v) is 6.31. The molecule has 4 nitrogen and oxygen atoms in total. The second-order valence-electron chi connectivity index (χ2n) is 4.17. The van der Waals surface area contributed by atoms with Crippen molar-refractivity contribution in [2.24, 2.45) is 5.73 Å². The molecule has 0 aliphatic heterocycles. The van der Waals surface area contributed by atoms with E-state index in [-0.39, 0.29) is 22.9 Å². The summed E-state index contributed by atoms with van der Waals surface area (Å²) < 4.78 is 38.7. The number of hydrogen-bond acceptors (Lipinski definition) is 4. The molecule has 0 amide bonds. The standard InChI is InChI=1S/C13H11F3N4S/c14-13(15,16)10-4-2-1-3-8(10)7-18-12-9(11(17)21)5-6-19-20-12/h1-6H,7H2,(H2,17,21)(H,18,20). The Morgan fingerprint density at radius 2 is 1.95 bits per heavy atom. The normalized spacial score (nSPS) is 11.2. The number of rotatable bonds is 4. The molecule has 1 aromatic carbocycles. The van der Waals surface area contributed by atoms with Crippen molar-refractivity contribution in [2.45, 2.75) is 12.7 Å². The molecule has 1 heterocycles. The van der Waals surface area contributed by atoms with Crippen molar-refractivity contribution in [1.82, 2.24) is 10.2 Å². The van der Waals surface area contributed by atoms with Gasteiger partial charge in [-0.2, -0.15) is 18.3 Å². The first kappa shape index (κ1) is 15.2. The largest absolute Gasteiger partial charge is 0.416 e. The van der Waals surface area contributed by atoms with Gasteiger partial charge < -0.3 is 11.1 Å². The molecule has 8 heteroatoms. The summed E-state index contributed by atoms with van der Waals surface area (Å²) in [6.45, 7) is -0.0655. The highest BCUT2D eigenvalue weighted by atomic mass is 32.1. The van der Waals surface area contributed by atoms with Crippen molar-refractivity contribution < 1.29 is 13.2 Å². The average Bonchev–Trinajstić information content (AvgIpc) is 2.44. The molecule has 2 aromatic rings. The van der Waals surface area contributed by atoms with Crippen LogP contribution in [0.15, 0.2) is 36.5 Å². The Labute approximate surface area is 124 Å². The van der Waals surface area contributed by atoms with Crippen molar-refractivity contribution in [2.75, 3.05) is 5.32 Å². The van der Waals surface area contributed by atoms with Crippen molar-refractivity contribution in [3.8, 4) is 0 Å². The zero-order chi connectivity index (χ0) is 15.5. The van der Waals surface area contributed by atoms with E-state index in [1.165, 1.54) is 24.4 Å². The van der Waals surface area contributed by atoms with E-state index in [9.17, 15) is 13.2 Å². The summed E-state index contributed by atoms with van der Waals surface area (Å²) in [4.78, 5) is 0.0940. The number of benzene rings is 1. The molecule has 3 N–H and O–H groups in total. The highest BCUT2D eigenvalue weighted by Gasteiger charge is 2.32. The summed E-state index contributed by atoms with van der Waals surface area (Å²) in [5.41, 5.74) is 5.37. The van der Waals surface area contributed by atoms with Gasteiger partial charge in [-0.15, -0.1) is 5.10 Å². The van der Waals surface area contributed by atoms with Gasteiger partial charge in [-0.25, -0.2) is 0 Å². The number of anilines is 1. The summed E-state index contributed by atoms with van der Waals surface area (Å²) in [6, 6.07) is 6.86. The van der Waals surface area contributed by atoms with Crippen LogP contribution in [-0.4, -0.2) is 15.2 Å². The number of nitrogens with one attached hydrogen (secondary N) is 1. The molecule has 0 saturated carbocycles. The predicted molar refractivity (Wildman–Crippen MR) is 76.7 cm³/mol. The van der Waals surface area contributed by atoms with Crippen LogP contribution in [0.25, 0.3) is 0 Å². The van der Waals surface area contributed by atoms with Gasteiger partial charge >= 0.3 is 6.18 Å². The number of nitrogens with two attached hydrogens (primary N) is 1. The molecule has 0 fully saturated rings. The third-order valence-corrected chi connectivity index (χ3v) is 2.98. The minimum Gasteiger partial charge on any atom is -0.389 e. The van der Waals surface area contributed by atoms with E-state index in [0.717, 1.165) is 6.07 Å². The molecule has 0 radical (unpaired) electrons. The Morgan fingerprint density at radius 3 is 2.62 bits per heavy atom. The summed E-state index contributed by atoms with van der Waals surface area (Å²) in [5, 5.41) is 10.2. The van der Waals surface area contributed by atoms with Crippen LogP contribution in [-0.2, 0) is 12.7 Å². The molecule has 21 heavy (non-hydrogen) atoms. The van der Waals surface area contributed by atoms with Gasteiger partial charge in [-0.05, 0) is 17.7 Å². The average molecular weight is 312 g/mol. The highest BCUT2D eigenvalue weighted by Crippen LogP contribution is 2.32. The van der Waals surface area contributed by atoms with E-state index < -0.39 is 11.7 Å². The number of alkyl halides is 3. The summed E-state index contributed by atoms with van der Waals surface area (Å²) >= 11 is 4.86. The van der Waals surface area contributed by atoms with Crippen molar-refractivity contribution in [3.63, 3.8) is 0 Å². The SMILES string of the molecule is NC(=S)c1ccnnc1NCc1ccccc1C(F)(F)F. The molecular weight excluding hydrogens is 301 g/mol. The lowest BCUT2D eigenvalue weighted by atomic mass is 10.1. The second kappa shape index (κ2) is 6.04. The van der Waals surface area contributed by atoms with Crippen LogP contribution in [0.3, 0.4) is 0 Å². The Bertz CT molecular complexity index is 658. The molecule has 0 atom stereocenters. The van der Waals surface area contributed by atoms with Crippen LogP contribution in [0.1, 0.15) is 16.7 Å². The van der Waals surface area contributed by atoms with Crippen LogP contribution >= 0.6 is 12.2 Å². The Kier molecular flexibility index (Phi) is 4.37. The molecule has 0 saturated heterocycles. The van der Waals surface area contributed by atoms with Crippen molar-refractivity contribution in [3.05, 3.63) is 53.2 Å². The van der Waals surface area contributed by atoms with Gasteiger partial charge in [0, 0.05) is 6.54 Å². The predicted octanol–water partition coefficient (Wildman–Crippen LogP) is 2.74. The summed E-state index contributed by atoms with van der Waals surface area (Å²) in [5.74, 6) is 0.252. The molecule has 0 bridgehead atoms. The topological polar surface area (TPSA) is 63.8 Å². The maximum Gasteiger partial charge on any atom is 0.416 e. The number of thiocarbonyl (C=S) groups is 1. The molecular formula is C13H11F3N4S. The van der Waals surface area contributed by atoms with Gasteiger partial charge in [-0.1, -0.05) is 30.4 Å². The van der Waals surface area contributed by atoms with E-state index >= 15 is 0 Å². The molecule has 110 valence electrons. The minimum absolute atomic E-state index is 0.0655. The monoisotopic (exact) mass is 312 g/mol. The van der Waals surface area contributed by atoms with E-state index in [1.54, 1.807) is 6.07 Å². The highest BCUT2D eigenvalue weighted by molar-refractivity contribution is 7.80. The minimum atomic E-state index is -4.41. The number of hydrogen-bond donors (Lipinski definition) is 2. The van der Waals surface area contributed by atoms with Crippen molar-refractivity contribution in [1.29, 1.82) is 0 Å². The van der Waals surface area contributed by atoms with Crippen LogP contribution in [0.4, 0.5) is 19.0 Å². The fourth-order valence-electron chi connectivity index (χ4n) is 1.79. The molecule has 1 aromatic heterocycles. The van der Waals surface area contributed by atoms with Gasteiger partial charge in [0.25, 0.3) is 0 Å². The van der Waals surface area contributed by atoms with Crippen molar-refractivity contribution >= 4 is 23.0 Å². The molecule has 0 aliphatic rings. The molecule has 0 spiro atoms. The van der Waals surface area contributed by atoms with Gasteiger partial charge in [0.1, 0.15) is 4.99 Å². The molecule has 0 aliphatic carbocycles.